The number of rotatable bonds is 14. The largest absolute Gasteiger partial charge is 0.458 e. The molecule has 0 saturated heterocycles. The highest BCUT2D eigenvalue weighted by Crippen LogP contribution is 2.19. The van der Waals surface area contributed by atoms with Crippen molar-refractivity contribution in [3.05, 3.63) is 110 Å². The van der Waals surface area contributed by atoms with Crippen LogP contribution in [0.25, 0.3) is 0 Å². The van der Waals surface area contributed by atoms with Crippen LogP contribution in [0.1, 0.15) is 47.4 Å². The summed E-state index contributed by atoms with van der Waals surface area (Å²) in [6.45, 7) is 18.6. The lowest BCUT2D eigenvalue weighted by atomic mass is 9.99. The van der Waals surface area contributed by atoms with Gasteiger partial charge in [0.2, 0.25) is 0 Å². The molecule has 0 aliphatic carbocycles. The van der Waals surface area contributed by atoms with Crippen molar-refractivity contribution < 1.29 is 19.1 Å². The van der Waals surface area contributed by atoms with Gasteiger partial charge in [0.25, 0.3) is 0 Å². The summed E-state index contributed by atoms with van der Waals surface area (Å²) in [6, 6.07) is 6.26. The third kappa shape index (κ3) is 8.76. The molecule has 1 aromatic carbocycles. The van der Waals surface area contributed by atoms with E-state index in [1.54, 1.807) is 48.6 Å². The molecule has 0 aromatic heterocycles. The molecule has 4 atom stereocenters. The van der Waals surface area contributed by atoms with E-state index in [0.717, 1.165) is 0 Å². The van der Waals surface area contributed by atoms with Gasteiger partial charge in [0, 0.05) is 11.8 Å². The number of carbonyl (C=O) groups is 2. The van der Waals surface area contributed by atoms with E-state index >= 15 is 0 Å². The van der Waals surface area contributed by atoms with Crippen LogP contribution >= 0.6 is 0 Å². The van der Waals surface area contributed by atoms with Gasteiger partial charge in [-0.1, -0.05) is 61.8 Å². The molecule has 0 heterocycles. The van der Waals surface area contributed by atoms with E-state index in [1.807, 2.05) is 38.2 Å². The van der Waals surface area contributed by atoms with Crippen LogP contribution in [0.15, 0.2) is 99.2 Å². The monoisotopic (exact) mass is 434 g/mol. The van der Waals surface area contributed by atoms with Crippen LogP contribution in [0.2, 0.25) is 0 Å². The van der Waals surface area contributed by atoms with Crippen LogP contribution in [0.3, 0.4) is 0 Å². The van der Waals surface area contributed by atoms with Crippen molar-refractivity contribution in [1.29, 1.82) is 0 Å². The fraction of sp³-hybridized carbons (Fsp3) is 0.286. The van der Waals surface area contributed by atoms with Crippen molar-refractivity contribution in [3.63, 3.8) is 0 Å². The first-order valence-corrected chi connectivity index (χ1v) is 10.7. The highest BCUT2D eigenvalue weighted by atomic mass is 16.5. The molecular weight excluding hydrogens is 400 g/mol. The maximum atomic E-state index is 12.5. The third-order valence-electron chi connectivity index (χ3n) is 5.11. The summed E-state index contributed by atoms with van der Waals surface area (Å²) in [5.41, 5.74) is 0.730. The first kappa shape index (κ1) is 26.6. The zero-order chi connectivity index (χ0) is 23.9. The van der Waals surface area contributed by atoms with E-state index in [1.165, 1.54) is 0 Å². The Balaban J connectivity index is 2.72. The van der Waals surface area contributed by atoms with E-state index in [-0.39, 0.29) is 24.0 Å². The zero-order valence-corrected chi connectivity index (χ0v) is 19.1. The lowest BCUT2D eigenvalue weighted by molar-refractivity contribution is 0.0238. The van der Waals surface area contributed by atoms with Crippen molar-refractivity contribution in [3.8, 4) is 0 Å². The highest BCUT2D eigenvalue weighted by molar-refractivity contribution is 5.93. The van der Waals surface area contributed by atoms with Crippen molar-refractivity contribution in [2.45, 2.75) is 38.9 Å². The first-order chi connectivity index (χ1) is 15.4. The van der Waals surface area contributed by atoms with Crippen LogP contribution in [-0.2, 0) is 9.47 Å². The van der Waals surface area contributed by atoms with Gasteiger partial charge in [-0.25, -0.2) is 9.59 Å². The van der Waals surface area contributed by atoms with Gasteiger partial charge in [-0.05, 0) is 51.0 Å². The van der Waals surface area contributed by atoms with Gasteiger partial charge in [0.05, 0.1) is 11.1 Å². The minimum Gasteiger partial charge on any atom is -0.458 e. The molecule has 1 aromatic rings. The predicted molar refractivity (Wildman–Crippen MR) is 131 cm³/mol. The number of esters is 2. The fourth-order valence-electron chi connectivity index (χ4n) is 3.01. The molecule has 4 unspecified atom stereocenters. The molecule has 0 spiro atoms. The zero-order valence-electron chi connectivity index (χ0n) is 19.1. The standard InChI is InChI=1S/C28H34O4/c1-7-11-13-15-23(9-3)21(5)31-27(29)25-17-19-26(20-18-25)28(30)32-22(6)24(10-4)16-14-12-8-2/h7-14,17-24H,1-4,15-16H2,5-6H3. The summed E-state index contributed by atoms with van der Waals surface area (Å²) < 4.78 is 11.1. The molecule has 0 saturated carbocycles. The van der Waals surface area contributed by atoms with Gasteiger partial charge in [-0.3, -0.25) is 0 Å². The summed E-state index contributed by atoms with van der Waals surface area (Å²) in [5.74, 6) is -0.924. The Morgan fingerprint density at radius 1 is 0.750 bits per heavy atom. The molecule has 170 valence electrons. The molecule has 4 heteroatoms. The summed E-state index contributed by atoms with van der Waals surface area (Å²) in [7, 11) is 0. The van der Waals surface area contributed by atoms with Gasteiger partial charge >= 0.3 is 11.9 Å². The van der Waals surface area contributed by atoms with Crippen LogP contribution in [0, 0.1) is 11.8 Å². The number of benzene rings is 1. The van der Waals surface area contributed by atoms with Gasteiger partial charge in [0.1, 0.15) is 12.2 Å². The molecule has 0 radical (unpaired) electrons. The molecule has 1 rings (SSSR count). The van der Waals surface area contributed by atoms with Crippen molar-refractivity contribution >= 4 is 11.9 Å². The van der Waals surface area contributed by atoms with Crippen molar-refractivity contribution in [2.75, 3.05) is 0 Å². The molecule has 0 amide bonds. The molecule has 0 aliphatic rings. The van der Waals surface area contributed by atoms with Crippen molar-refractivity contribution in [1.82, 2.24) is 0 Å². The molecule has 4 nitrogen and oxygen atoms in total. The van der Waals surface area contributed by atoms with Gasteiger partial charge in [0.15, 0.2) is 0 Å². The molecule has 0 bridgehead atoms. The maximum absolute atomic E-state index is 12.5. The molecular formula is C28H34O4. The Kier molecular flexibility index (Phi) is 12.1. The van der Waals surface area contributed by atoms with E-state index in [0.29, 0.717) is 24.0 Å². The lowest BCUT2D eigenvalue weighted by Gasteiger charge is -2.20. The maximum Gasteiger partial charge on any atom is 0.338 e. The number of hydrogen-bond donors (Lipinski definition) is 0. The Labute approximate surface area is 192 Å². The normalized spacial score (nSPS) is 14.8. The van der Waals surface area contributed by atoms with Crippen LogP contribution in [0.4, 0.5) is 0 Å². The van der Waals surface area contributed by atoms with Crippen LogP contribution < -0.4 is 0 Å². The second kappa shape index (κ2) is 14.6. The number of carbonyl (C=O) groups excluding carboxylic acids is 2. The predicted octanol–water partition coefficient (Wildman–Crippen LogP) is 6.65. The van der Waals surface area contributed by atoms with Crippen LogP contribution in [-0.4, -0.2) is 24.1 Å². The second-order valence-corrected chi connectivity index (χ2v) is 7.40. The summed E-state index contributed by atoms with van der Waals surface area (Å²) in [5, 5.41) is 0. The van der Waals surface area contributed by atoms with E-state index in [9.17, 15) is 9.59 Å². The molecule has 0 fully saturated rings. The third-order valence-corrected chi connectivity index (χ3v) is 5.11. The first-order valence-electron chi connectivity index (χ1n) is 10.7. The summed E-state index contributed by atoms with van der Waals surface area (Å²) in [6.07, 6.45) is 15.3. The van der Waals surface area contributed by atoms with Gasteiger partial charge in [-0.15, -0.1) is 13.2 Å². The van der Waals surface area contributed by atoms with Gasteiger partial charge in [-0.2, -0.15) is 0 Å². The SMILES string of the molecule is C=CC=CCC(C=C)C(C)OC(=O)c1ccc(C(=O)OC(C)C(C=C)CC=CC=C)cc1. The Morgan fingerprint density at radius 2 is 1.09 bits per heavy atom. The van der Waals surface area contributed by atoms with Crippen LogP contribution in [0.5, 0.6) is 0 Å². The average Bonchev–Trinajstić information content (AvgIpc) is 2.79. The fourth-order valence-corrected chi connectivity index (χ4v) is 3.01. The number of allylic oxidation sites excluding steroid dienone is 6. The van der Waals surface area contributed by atoms with E-state index < -0.39 is 11.9 Å². The number of ether oxygens (including phenoxy) is 2. The van der Waals surface area contributed by atoms with Crippen molar-refractivity contribution in [2.24, 2.45) is 11.8 Å². The summed E-state index contributed by atoms with van der Waals surface area (Å²) in [4.78, 5) is 25.0. The van der Waals surface area contributed by atoms with Gasteiger partial charge < -0.3 is 9.47 Å². The molecule has 0 N–H and O–H groups in total. The molecule has 32 heavy (non-hydrogen) atoms. The number of hydrogen-bond acceptors (Lipinski definition) is 4. The molecule has 0 aliphatic heterocycles. The minimum atomic E-state index is -0.453. The lowest BCUT2D eigenvalue weighted by Crippen LogP contribution is -2.23. The topological polar surface area (TPSA) is 52.6 Å². The highest BCUT2D eigenvalue weighted by Gasteiger charge is 2.21. The Hall–Kier alpha value is -3.40. The Morgan fingerprint density at radius 3 is 1.38 bits per heavy atom. The minimum absolute atomic E-state index is 0.00924. The smallest absolute Gasteiger partial charge is 0.338 e. The van der Waals surface area contributed by atoms with E-state index in [4.69, 9.17) is 9.47 Å². The second-order valence-electron chi connectivity index (χ2n) is 7.40. The average molecular weight is 435 g/mol. The Bertz CT molecular complexity index is 774. The quantitative estimate of drug-likeness (QED) is 0.187. The summed E-state index contributed by atoms with van der Waals surface area (Å²) >= 11 is 0. The van der Waals surface area contributed by atoms with E-state index in [2.05, 4.69) is 26.3 Å².